The van der Waals surface area contributed by atoms with Crippen LogP contribution in [0.3, 0.4) is 0 Å². The van der Waals surface area contributed by atoms with Crippen LogP contribution in [0.1, 0.15) is 37.7 Å². The predicted octanol–water partition coefficient (Wildman–Crippen LogP) is 2.14. The zero-order valence-electron chi connectivity index (χ0n) is 12.3. The van der Waals surface area contributed by atoms with E-state index < -0.39 is 0 Å². The van der Waals surface area contributed by atoms with Crippen LogP contribution < -0.4 is 10.5 Å². The fourth-order valence-corrected chi connectivity index (χ4v) is 2.97. The molecule has 4 heteroatoms. The SMILES string of the molecule is COc1ccccc1C(C)CC(=O)N1CCCC1CN. The van der Waals surface area contributed by atoms with E-state index in [0.29, 0.717) is 13.0 Å². The highest BCUT2D eigenvalue weighted by atomic mass is 16.5. The minimum Gasteiger partial charge on any atom is -0.496 e. The Morgan fingerprint density at radius 1 is 1.50 bits per heavy atom. The van der Waals surface area contributed by atoms with E-state index in [9.17, 15) is 4.79 Å². The van der Waals surface area contributed by atoms with Crippen LogP contribution >= 0.6 is 0 Å². The number of benzene rings is 1. The molecule has 0 spiro atoms. The van der Waals surface area contributed by atoms with E-state index in [1.165, 1.54) is 0 Å². The quantitative estimate of drug-likeness (QED) is 0.896. The van der Waals surface area contributed by atoms with E-state index >= 15 is 0 Å². The highest BCUT2D eigenvalue weighted by Crippen LogP contribution is 2.29. The summed E-state index contributed by atoms with van der Waals surface area (Å²) in [6.45, 7) is 3.48. The van der Waals surface area contributed by atoms with E-state index in [1.807, 2.05) is 29.2 Å². The van der Waals surface area contributed by atoms with Crippen LogP contribution in [0.25, 0.3) is 0 Å². The Morgan fingerprint density at radius 2 is 2.25 bits per heavy atom. The summed E-state index contributed by atoms with van der Waals surface area (Å²) in [5, 5.41) is 0. The molecule has 2 N–H and O–H groups in total. The van der Waals surface area contributed by atoms with Gasteiger partial charge in [-0.1, -0.05) is 25.1 Å². The van der Waals surface area contributed by atoms with Crippen LogP contribution in [-0.2, 0) is 4.79 Å². The molecule has 20 heavy (non-hydrogen) atoms. The van der Waals surface area contributed by atoms with Gasteiger partial charge in [0.1, 0.15) is 5.75 Å². The van der Waals surface area contributed by atoms with Crippen molar-refractivity contribution in [2.24, 2.45) is 5.73 Å². The van der Waals surface area contributed by atoms with Crippen molar-refractivity contribution in [1.82, 2.24) is 4.90 Å². The first-order valence-corrected chi connectivity index (χ1v) is 7.29. The molecule has 1 aromatic carbocycles. The molecule has 4 nitrogen and oxygen atoms in total. The number of carbonyl (C=O) groups excluding carboxylic acids is 1. The number of carbonyl (C=O) groups is 1. The minimum absolute atomic E-state index is 0.151. The van der Waals surface area contributed by atoms with Crippen molar-refractivity contribution >= 4 is 5.91 Å². The lowest BCUT2D eigenvalue weighted by atomic mass is 9.96. The number of para-hydroxylation sites is 1. The number of methoxy groups -OCH3 is 1. The molecule has 110 valence electrons. The maximum absolute atomic E-state index is 12.4. The third-order valence-electron chi connectivity index (χ3n) is 4.12. The van der Waals surface area contributed by atoms with E-state index in [1.54, 1.807) is 7.11 Å². The molecule has 1 fully saturated rings. The van der Waals surface area contributed by atoms with Gasteiger partial charge in [0.05, 0.1) is 7.11 Å². The zero-order chi connectivity index (χ0) is 14.5. The number of hydrogen-bond acceptors (Lipinski definition) is 3. The highest BCUT2D eigenvalue weighted by Gasteiger charge is 2.28. The summed E-state index contributed by atoms with van der Waals surface area (Å²) in [7, 11) is 1.66. The largest absolute Gasteiger partial charge is 0.496 e. The molecule has 0 bridgehead atoms. The van der Waals surface area contributed by atoms with Gasteiger partial charge in [-0.3, -0.25) is 4.79 Å². The Hall–Kier alpha value is -1.55. The van der Waals surface area contributed by atoms with Crippen molar-refractivity contribution in [1.29, 1.82) is 0 Å². The lowest BCUT2D eigenvalue weighted by Crippen LogP contribution is -2.40. The molecule has 2 atom stereocenters. The average molecular weight is 276 g/mol. The Labute approximate surface area is 120 Å². The number of likely N-dealkylation sites (tertiary alicyclic amines) is 1. The second-order valence-corrected chi connectivity index (χ2v) is 5.47. The fourth-order valence-electron chi connectivity index (χ4n) is 2.97. The standard InChI is InChI=1S/C16H24N2O2/c1-12(14-7-3-4-8-15(14)20-2)10-16(19)18-9-5-6-13(18)11-17/h3-4,7-8,12-13H,5-6,9-11,17H2,1-2H3. The van der Waals surface area contributed by atoms with Crippen molar-refractivity contribution in [3.05, 3.63) is 29.8 Å². The molecule has 1 aliphatic rings. The Kier molecular flexibility index (Phi) is 5.01. The van der Waals surface area contributed by atoms with Crippen LogP contribution in [-0.4, -0.2) is 37.0 Å². The summed E-state index contributed by atoms with van der Waals surface area (Å²) in [6.07, 6.45) is 2.61. The molecule has 1 heterocycles. The minimum atomic E-state index is 0.151. The van der Waals surface area contributed by atoms with Gasteiger partial charge in [-0.2, -0.15) is 0 Å². The number of ether oxygens (including phenoxy) is 1. The molecule has 2 unspecified atom stereocenters. The lowest BCUT2D eigenvalue weighted by Gasteiger charge is -2.25. The molecule has 1 saturated heterocycles. The zero-order valence-corrected chi connectivity index (χ0v) is 12.3. The van der Waals surface area contributed by atoms with Gasteiger partial charge >= 0.3 is 0 Å². The van der Waals surface area contributed by atoms with Gasteiger partial charge in [-0.25, -0.2) is 0 Å². The van der Waals surface area contributed by atoms with E-state index in [2.05, 4.69) is 6.92 Å². The molecule has 0 saturated carbocycles. The third kappa shape index (κ3) is 3.12. The van der Waals surface area contributed by atoms with Gasteiger partial charge in [0.15, 0.2) is 0 Å². The second-order valence-electron chi connectivity index (χ2n) is 5.47. The molecule has 1 aliphatic heterocycles. The van der Waals surface area contributed by atoms with Crippen LogP contribution in [0.15, 0.2) is 24.3 Å². The van der Waals surface area contributed by atoms with E-state index in [4.69, 9.17) is 10.5 Å². The summed E-state index contributed by atoms with van der Waals surface area (Å²) >= 11 is 0. The summed E-state index contributed by atoms with van der Waals surface area (Å²) in [6, 6.07) is 8.13. The Balaban J connectivity index is 2.03. The monoisotopic (exact) mass is 276 g/mol. The molecule has 1 aromatic rings. The first-order valence-electron chi connectivity index (χ1n) is 7.29. The van der Waals surface area contributed by atoms with Crippen molar-refractivity contribution in [2.75, 3.05) is 20.2 Å². The van der Waals surface area contributed by atoms with Gasteiger partial charge in [-0.05, 0) is 30.4 Å². The van der Waals surface area contributed by atoms with Crippen LogP contribution in [0, 0.1) is 0 Å². The topological polar surface area (TPSA) is 55.6 Å². The van der Waals surface area contributed by atoms with Gasteiger partial charge in [-0.15, -0.1) is 0 Å². The van der Waals surface area contributed by atoms with Gasteiger partial charge in [0.2, 0.25) is 5.91 Å². The van der Waals surface area contributed by atoms with Crippen molar-refractivity contribution in [3.8, 4) is 5.75 Å². The predicted molar refractivity (Wildman–Crippen MR) is 79.8 cm³/mol. The smallest absolute Gasteiger partial charge is 0.223 e. The number of hydrogen-bond donors (Lipinski definition) is 1. The summed E-state index contributed by atoms with van der Waals surface area (Å²) in [4.78, 5) is 14.4. The van der Waals surface area contributed by atoms with E-state index in [0.717, 1.165) is 30.7 Å². The maximum Gasteiger partial charge on any atom is 0.223 e. The molecule has 1 amide bonds. The average Bonchev–Trinajstić information content (AvgIpc) is 2.95. The molecule has 0 aliphatic carbocycles. The second kappa shape index (κ2) is 6.75. The van der Waals surface area contributed by atoms with Gasteiger partial charge < -0.3 is 15.4 Å². The summed E-state index contributed by atoms with van der Waals surface area (Å²) in [5.74, 6) is 1.21. The fraction of sp³-hybridized carbons (Fsp3) is 0.562. The molecule has 0 aromatic heterocycles. The van der Waals surface area contributed by atoms with Crippen LogP contribution in [0.2, 0.25) is 0 Å². The molecular weight excluding hydrogens is 252 g/mol. The van der Waals surface area contributed by atoms with Crippen molar-refractivity contribution in [2.45, 2.75) is 38.1 Å². The number of amides is 1. The highest BCUT2D eigenvalue weighted by molar-refractivity contribution is 5.78. The van der Waals surface area contributed by atoms with Crippen LogP contribution in [0.5, 0.6) is 5.75 Å². The molecule has 2 rings (SSSR count). The lowest BCUT2D eigenvalue weighted by molar-refractivity contribution is -0.132. The number of nitrogens with zero attached hydrogens (tertiary/aromatic N) is 1. The first-order chi connectivity index (χ1) is 9.67. The Bertz CT molecular complexity index is 462. The van der Waals surface area contributed by atoms with E-state index in [-0.39, 0.29) is 17.9 Å². The number of nitrogens with two attached hydrogens (primary N) is 1. The third-order valence-corrected chi connectivity index (χ3v) is 4.12. The number of rotatable bonds is 5. The summed E-state index contributed by atoms with van der Waals surface area (Å²) in [5.41, 5.74) is 6.83. The van der Waals surface area contributed by atoms with Crippen LogP contribution in [0.4, 0.5) is 0 Å². The molecular formula is C16H24N2O2. The first kappa shape index (κ1) is 14.9. The maximum atomic E-state index is 12.4. The van der Waals surface area contributed by atoms with Crippen molar-refractivity contribution in [3.63, 3.8) is 0 Å². The molecule has 0 radical (unpaired) electrons. The normalized spacial score (nSPS) is 19.9. The Morgan fingerprint density at radius 3 is 2.95 bits per heavy atom. The van der Waals surface area contributed by atoms with Gasteiger partial charge in [0, 0.05) is 25.6 Å². The van der Waals surface area contributed by atoms with Crippen molar-refractivity contribution < 1.29 is 9.53 Å². The van der Waals surface area contributed by atoms with Gasteiger partial charge in [0.25, 0.3) is 0 Å². The summed E-state index contributed by atoms with van der Waals surface area (Å²) < 4.78 is 5.37.